The van der Waals surface area contributed by atoms with Gasteiger partial charge < -0.3 is 5.11 Å². The number of hydrogen-bond donors (Lipinski definition) is 1. The molecule has 1 N–H and O–H groups in total. The number of halogens is 1. The summed E-state index contributed by atoms with van der Waals surface area (Å²) in [5, 5.41) is 17.7. The molecule has 0 fully saturated rings. The summed E-state index contributed by atoms with van der Waals surface area (Å²) in [6.45, 7) is 1.95. The van der Waals surface area contributed by atoms with Crippen molar-refractivity contribution in [3.8, 4) is 6.07 Å². The molecule has 0 aliphatic heterocycles. The number of hydrogen-bond acceptors (Lipinski definition) is 2. The lowest BCUT2D eigenvalue weighted by molar-refractivity contribution is 0.235. The summed E-state index contributed by atoms with van der Waals surface area (Å²) in [5.41, 5.74) is 1.71. The first-order valence-corrected chi connectivity index (χ1v) is 4.28. The Morgan fingerprint density at radius 3 is 2.75 bits per heavy atom. The summed E-state index contributed by atoms with van der Waals surface area (Å²) in [6, 6.07) is 7.24. The highest BCUT2D eigenvalue weighted by Gasteiger charge is 2.08. The predicted molar refractivity (Wildman–Crippen MR) is 49.5 cm³/mol. The summed E-state index contributed by atoms with van der Waals surface area (Å²) >= 11 is 3.28. The van der Waals surface area contributed by atoms with Crippen LogP contribution in [0.4, 0.5) is 0 Å². The normalized spacial score (nSPS) is 12.2. The lowest BCUT2D eigenvalue weighted by Crippen LogP contribution is -1.94. The topological polar surface area (TPSA) is 44.0 Å². The van der Waals surface area contributed by atoms with E-state index in [1.54, 1.807) is 12.1 Å². The van der Waals surface area contributed by atoms with Gasteiger partial charge in [0.25, 0.3) is 0 Å². The van der Waals surface area contributed by atoms with Gasteiger partial charge in [-0.05, 0) is 18.6 Å². The zero-order valence-corrected chi connectivity index (χ0v) is 8.17. The second kappa shape index (κ2) is 3.70. The summed E-state index contributed by atoms with van der Waals surface area (Å²) in [7, 11) is 0. The SMILES string of the molecule is Cc1ccc(C(O)C#N)c(Br)c1. The van der Waals surface area contributed by atoms with Crippen molar-refractivity contribution in [2.24, 2.45) is 0 Å². The van der Waals surface area contributed by atoms with E-state index in [1.165, 1.54) is 0 Å². The van der Waals surface area contributed by atoms with Gasteiger partial charge in [-0.3, -0.25) is 0 Å². The minimum Gasteiger partial charge on any atom is -0.374 e. The molecule has 0 aliphatic rings. The van der Waals surface area contributed by atoms with Crippen molar-refractivity contribution >= 4 is 15.9 Å². The first-order valence-electron chi connectivity index (χ1n) is 3.49. The van der Waals surface area contributed by atoms with Crippen LogP contribution in [0.2, 0.25) is 0 Å². The monoisotopic (exact) mass is 225 g/mol. The Hall–Kier alpha value is -0.850. The Morgan fingerprint density at radius 2 is 2.25 bits per heavy atom. The number of rotatable bonds is 1. The maximum atomic E-state index is 9.21. The van der Waals surface area contributed by atoms with Crippen LogP contribution in [0.5, 0.6) is 0 Å². The van der Waals surface area contributed by atoms with Gasteiger partial charge in [0.15, 0.2) is 6.10 Å². The van der Waals surface area contributed by atoms with Crippen LogP contribution >= 0.6 is 15.9 Å². The van der Waals surface area contributed by atoms with Gasteiger partial charge in [-0.15, -0.1) is 0 Å². The molecule has 3 heteroatoms. The predicted octanol–water partition coefficient (Wildman–Crippen LogP) is 2.31. The van der Waals surface area contributed by atoms with Crippen molar-refractivity contribution in [3.63, 3.8) is 0 Å². The molecule has 62 valence electrons. The van der Waals surface area contributed by atoms with Gasteiger partial charge >= 0.3 is 0 Å². The van der Waals surface area contributed by atoms with Gasteiger partial charge in [-0.2, -0.15) is 5.26 Å². The number of benzene rings is 1. The average molecular weight is 226 g/mol. The Balaban J connectivity index is 3.11. The van der Waals surface area contributed by atoms with Gasteiger partial charge in [0.05, 0.1) is 6.07 Å². The number of aliphatic hydroxyl groups is 1. The maximum absolute atomic E-state index is 9.21. The lowest BCUT2D eigenvalue weighted by Gasteiger charge is -2.05. The molecule has 0 radical (unpaired) electrons. The minimum atomic E-state index is -1.04. The minimum absolute atomic E-state index is 0.614. The fourth-order valence-corrected chi connectivity index (χ4v) is 1.63. The van der Waals surface area contributed by atoms with Gasteiger partial charge in [0.2, 0.25) is 0 Å². The average Bonchev–Trinajstić information content (AvgIpc) is 2.03. The molecule has 0 saturated heterocycles. The van der Waals surface area contributed by atoms with Crippen molar-refractivity contribution in [1.29, 1.82) is 5.26 Å². The second-order valence-corrected chi connectivity index (χ2v) is 3.41. The quantitative estimate of drug-likeness (QED) is 0.746. The highest BCUT2D eigenvalue weighted by Crippen LogP contribution is 2.23. The lowest BCUT2D eigenvalue weighted by atomic mass is 10.1. The molecule has 0 aromatic heterocycles. The van der Waals surface area contributed by atoms with Crippen LogP contribution in [0, 0.1) is 18.3 Å². The third-order valence-corrected chi connectivity index (χ3v) is 2.26. The molecule has 0 amide bonds. The molecule has 1 atom stereocenters. The molecule has 0 spiro atoms. The van der Waals surface area contributed by atoms with E-state index in [-0.39, 0.29) is 0 Å². The molecule has 0 aliphatic carbocycles. The largest absolute Gasteiger partial charge is 0.374 e. The van der Waals surface area contributed by atoms with E-state index in [0.717, 1.165) is 10.0 Å². The number of aryl methyl sites for hydroxylation is 1. The van der Waals surface area contributed by atoms with E-state index in [1.807, 2.05) is 19.1 Å². The van der Waals surface area contributed by atoms with E-state index in [2.05, 4.69) is 15.9 Å². The summed E-state index contributed by atoms with van der Waals surface area (Å²) in [5.74, 6) is 0. The second-order valence-electron chi connectivity index (χ2n) is 2.56. The first kappa shape index (κ1) is 9.24. The van der Waals surface area contributed by atoms with Crippen molar-refractivity contribution in [2.75, 3.05) is 0 Å². The Morgan fingerprint density at radius 1 is 1.58 bits per heavy atom. The van der Waals surface area contributed by atoms with Crippen LogP contribution in [0.1, 0.15) is 17.2 Å². The van der Waals surface area contributed by atoms with E-state index < -0.39 is 6.10 Å². The van der Waals surface area contributed by atoms with Gasteiger partial charge in [0.1, 0.15) is 0 Å². The molecule has 12 heavy (non-hydrogen) atoms. The summed E-state index contributed by atoms with van der Waals surface area (Å²) < 4.78 is 0.775. The van der Waals surface area contributed by atoms with Gasteiger partial charge in [-0.25, -0.2) is 0 Å². The number of nitrogens with zero attached hydrogens (tertiary/aromatic N) is 1. The van der Waals surface area contributed by atoms with Crippen LogP contribution in [-0.4, -0.2) is 5.11 Å². The maximum Gasteiger partial charge on any atom is 0.166 e. The molecule has 0 bridgehead atoms. The highest BCUT2D eigenvalue weighted by atomic mass is 79.9. The van der Waals surface area contributed by atoms with Crippen LogP contribution in [0.25, 0.3) is 0 Å². The fourth-order valence-electron chi connectivity index (χ4n) is 0.923. The highest BCUT2D eigenvalue weighted by molar-refractivity contribution is 9.10. The Labute approximate surface area is 79.6 Å². The van der Waals surface area contributed by atoms with Crippen molar-refractivity contribution in [1.82, 2.24) is 0 Å². The third kappa shape index (κ3) is 1.84. The van der Waals surface area contributed by atoms with E-state index in [4.69, 9.17) is 5.26 Å². The van der Waals surface area contributed by atoms with Crippen LogP contribution in [-0.2, 0) is 0 Å². The molecular formula is C9H8BrNO. The summed E-state index contributed by atoms with van der Waals surface area (Å²) in [4.78, 5) is 0. The van der Waals surface area contributed by atoms with Crippen molar-refractivity contribution in [2.45, 2.75) is 13.0 Å². The van der Waals surface area contributed by atoms with E-state index in [9.17, 15) is 5.11 Å². The molecule has 1 unspecified atom stereocenters. The Kier molecular flexibility index (Phi) is 2.85. The standard InChI is InChI=1S/C9H8BrNO/c1-6-2-3-7(8(10)4-6)9(12)5-11/h2-4,9,12H,1H3. The van der Waals surface area contributed by atoms with Crippen LogP contribution < -0.4 is 0 Å². The van der Waals surface area contributed by atoms with Crippen molar-refractivity contribution < 1.29 is 5.11 Å². The van der Waals surface area contributed by atoms with Crippen LogP contribution in [0.3, 0.4) is 0 Å². The summed E-state index contributed by atoms with van der Waals surface area (Å²) in [6.07, 6.45) is -1.04. The molecule has 1 aromatic carbocycles. The van der Waals surface area contributed by atoms with Crippen molar-refractivity contribution in [3.05, 3.63) is 33.8 Å². The Bertz CT molecular complexity index is 330. The molecule has 1 aromatic rings. The molecule has 0 heterocycles. The molecular weight excluding hydrogens is 218 g/mol. The van der Waals surface area contributed by atoms with Gasteiger partial charge in [0, 0.05) is 10.0 Å². The molecule has 2 nitrogen and oxygen atoms in total. The molecule has 1 rings (SSSR count). The fraction of sp³-hybridized carbons (Fsp3) is 0.222. The smallest absolute Gasteiger partial charge is 0.166 e. The zero-order valence-electron chi connectivity index (χ0n) is 6.58. The van der Waals surface area contributed by atoms with E-state index >= 15 is 0 Å². The third-order valence-electron chi connectivity index (χ3n) is 1.57. The zero-order chi connectivity index (χ0) is 9.14. The van der Waals surface area contributed by atoms with Gasteiger partial charge in [-0.1, -0.05) is 28.1 Å². The van der Waals surface area contributed by atoms with Crippen LogP contribution in [0.15, 0.2) is 22.7 Å². The number of nitriles is 1. The molecule has 0 saturated carbocycles. The van der Waals surface area contributed by atoms with E-state index in [0.29, 0.717) is 5.56 Å². The number of aliphatic hydroxyl groups excluding tert-OH is 1. The first-order chi connectivity index (χ1) is 5.65.